The Balaban J connectivity index is 2.09. The topological polar surface area (TPSA) is 50.9 Å². The molecule has 0 fully saturated rings. The van der Waals surface area contributed by atoms with Crippen LogP contribution in [0, 0.1) is 0 Å². The minimum Gasteiger partial charge on any atom is -0.327 e. The maximum atomic E-state index is 5.98. The molecule has 0 radical (unpaired) electrons. The predicted molar refractivity (Wildman–Crippen MR) is 88.7 cm³/mol. The molecule has 4 heteroatoms. The van der Waals surface area contributed by atoms with Crippen LogP contribution in [0.4, 0.5) is 0 Å². The van der Waals surface area contributed by atoms with Gasteiger partial charge in [-0.15, -0.1) is 0 Å². The number of hydrogen-bond donors (Lipinski definition) is 2. The smallest absolute Gasteiger partial charge is 0.0478 e. The Morgan fingerprint density at radius 3 is 2.57 bits per heavy atom. The molecular weight excluding hydrogens is 282 g/mol. The third-order valence-electron chi connectivity index (χ3n) is 3.39. The van der Waals surface area contributed by atoms with Gasteiger partial charge in [-0.25, -0.2) is 0 Å². The Bertz CT molecular complexity index is 525. The first-order valence-corrected chi connectivity index (χ1v) is 7.67. The summed E-state index contributed by atoms with van der Waals surface area (Å²) in [6, 6.07) is 14.2. The van der Waals surface area contributed by atoms with Gasteiger partial charge in [0.05, 0.1) is 0 Å². The average Bonchev–Trinajstić information content (AvgIpc) is 2.49. The van der Waals surface area contributed by atoms with Crippen LogP contribution in [-0.2, 0) is 0 Å². The SMILES string of the molecule is CC(N)CNCCC(c1ccc(Cl)cc1)c1ccccn1. The maximum Gasteiger partial charge on any atom is 0.0478 e. The third-order valence-corrected chi connectivity index (χ3v) is 3.65. The van der Waals surface area contributed by atoms with E-state index in [4.69, 9.17) is 17.3 Å². The summed E-state index contributed by atoms with van der Waals surface area (Å²) in [5, 5.41) is 4.15. The van der Waals surface area contributed by atoms with Crippen LogP contribution in [0.2, 0.25) is 5.02 Å². The molecule has 0 aliphatic heterocycles. The van der Waals surface area contributed by atoms with Crippen molar-refractivity contribution in [1.82, 2.24) is 10.3 Å². The van der Waals surface area contributed by atoms with E-state index in [0.29, 0.717) is 0 Å². The lowest BCUT2D eigenvalue weighted by atomic mass is 9.92. The van der Waals surface area contributed by atoms with E-state index in [1.807, 2.05) is 37.4 Å². The molecule has 21 heavy (non-hydrogen) atoms. The number of aromatic nitrogens is 1. The second-order valence-electron chi connectivity index (χ2n) is 5.33. The molecule has 1 heterocycles. The summed E-state index contributed by atoms with van der Waals surface area (Å²) in [6.45, 7) is 3.74. The van der Waals surface area contributed by atoms with E-state index in [1.165, 1.54) is 5.56 Å². The van der Waals surface area contributed by atoms with Gasteiger partial charge in [0.1, 0.15) is 0 Å². The zero-order chi connectivity index (χ0) is 15.1. The van der Waals surface area contributed by atoms with Gasteiger partial charge in [0, 0.05) is 35.4 Å². The summed E-state index contributed by atoms with van der Waals surface area (Å²) in [5.74, 6) is 0.268. The number of benzene rings is 1. The van der Waals surface area contributed by atoms with Gasteiger partial charge in [-0.1, -0.05) is 29.8 Å². The van der Waals surface area contributed by atoms with Crippen molar-refractivity contribution in [3.63, 3.8) is 0 Å². The molecule has 0 aliphatic carbocycles. The molecule has 0 saturated carbocycles. The summed E-state index contributed by atoms with van der Waals surface area (Å²) in [6.07, 6.45) is 2.82. The van der Waals surface area contributed by atoms with E-state index in [-0.39, 0.29) is 12.0 Å². The quantitative estimate of drug-likeness (QED) is 0.772. The van der Waals surface area contributed by atoms with Gasteiger partial charge < -0.3 is 11.1 Å². The lowest BCUT2D eigenvalue weighted by Gasteiger charge is -2.18. The zero-order valence-corrected chi connectivity index (χ0v) is 13.1. The highest BCUT2D eigenvalue weighted by Gasteiger charge is 2.15. The van der Waals surface area contributed by atoms with Crippen LogP contribution >= 0.6 is 11.6 Å². The van der Waals surface area contributed by atoms with E-state index >= 15 is 0 Å². The van der Waals surface area contributed by atoms with Crippen LogP contribution < -0.4 is 11.1 Å². The van der Waals surface area contributed by atoms with Crippen LogP contribution in [0.5, 0.6) is 0 Å². The van der Waals surface area contributed by atoms with Crippen molar-refractivity contribution in [3.8, 4) is 0 Å². The molecule has 112 valence electrons. The Morgan fingerprint density at radius 2 is 1.95 bits per heavy atom. The molecule has 0 amide bonds. The fourth-order valence-corrected chi connectivity index (χ4v) is 2.46. The lowest BCUT2D eigenvalue weighted by Crippen LogP contribution is -2.32. The summed E-state index contributed by atoms with van der Waals surface area (Å²) >= 11 is 5.98. The predicted octanol–water partition coefficient (Wildman–Crippen LogP) is 3.19. The highest BCUT2D eigenvalue weighted by atomic mass is 35.5. The number of nitrogens with zero attached hydrogens (tertiary/aromatic N) is 1. The van der Waals surface area contributed by atoms with Crippen molar-refractivity contribution >= 4 is 11.6 Å². The van der Waals surface area contributed by atoms with E-state index in [0.717, 1.165) is 30.2 Å². The molecule has 2 unspecified atom stereocenters. The molecule has 2 atom stereocenters. The number of pyridine rings is 1. The van der Waals surface area contributed by atoms with Crippen LogP contribution in [0.1, 0.15) is 30.5 Å². The Hall–Kier alpha value is -1.42. The third kappa shape index (κ3) is 5.12. The van der Waals surface area contributed by atoms with Crippen molar-refractivity contribution in [2.45, 2.75) is 25.3 Å². The fraction of sp³-hybridized carbons (Fsp3) is 0.353. The van der Waals surface area contributed by atoms with Gasteiger partial charge in [0.25, 0.3) is 0 Å². The van der Waals surface area contributed by atoms with Crippen molar-refractivity contribution in [3.05, 3.63) is 64.9 Å². The van der Waals surface area contributed by atoms with Gasteiger partial charge in [0.15, 0.2) is 0 Å². The van der Waals surface area contributed by atoms with Gasteiger partial charge in [-0.3, -0.25) is 4.98 Å². The van der Waals surface area contributed by atoms with Crippen molar-refractivity contribution < 1.29 is 0 Å². The van der Waals surface area contributed by atoms with E-state index in [2.05, 4.69) is 28.5 Å². The molecule has 1 aromatic heterocycles. The molecule has 0 bridgehead atoms. The first-order chi connectivity index (χ1) is 10.2. The van der Waals surface area contributed by atoms with Crippen LogP contribution in [0.15, 0.2) is 48.7 Å². The standard InChI is InChI=1S/C17H22ClN3/c1-13(19)12-20-11-9-16(17-4-2-3-10-21-17)14-5-7-15(18)8-6-14/h2-8,10,13,16,20H,9,11-12,19H2,1H3. The molecule has 0 spiro atoms. The molecule has 3 N–H and O–H groups in total. The Labute approximate surface area is 131 Å². The van der Waals surface area contributed by atoms with Crippen LogP contribution in [-0.4, -0.2) is 24.1 Å². The number of nitrogens with one attached hydrogen (secondary N) is 1. The van der Waals surface area contributed by atoms with Gasteiger partial charge in [0.2, 0.25) is 0 Å². The summed E-state index contributed by atoms with van der Waals surface area (Å²) in [4.78, 5) is 4.51. The van der Waals surface area contributed by atoms with E-state index < -0.39 is 0 Å². The van der Waals surface area contributed by atoms with Gasteiger partial charge in [-0.2, -0.15) is 0 Å². The number of nitrogens with two attached hydrogens (primary N) is 1. The highest BCUT2D eigenvalue weighted by Crippen LogP contribution is 2.27. The number of halogens is 1. The molecule has 0 saturated heterocycles. The van der Waals surface area contributed by atoms with Crippen molar-refractivity contribution in [2.24, 2.45) is 5.73 Å². The molecule has 0 aliphatic rings. The summed E-state index contributed by atoms with van der Waals surface area (Å²) in [5.41, 5.74) is 8.08. The van der Waals surface area contributed by atoms with Gasteiger partial charge >= 0.3 is 0 Å². The lowest BCUT2D eigenvalue weighted by molar-refractivity contribution is 0.567. The Morgan fingerprint density at radius 1 is 1.19 bits per heavy atom. The average molecular weight is 304 g/mol. The molecular formula is C17H22ClN3. The number of hydrogen-bond acceptors (Lipinski definition) is 3. The minimum absolute atomic E-state index is 0.175. The minimum atomic E-state index is 0.175. The summed E-state index contributed by atoms with van der Waals surface area (Å²) in [7, 11) is 0. The van der Waals surface area contributed by atoms with Crippen molar-refractivity contribution in [1.29, 1.82) is 0 Å². The number of rotatable bonds is 7. The first kappa shape index (κ1) is 16.0. The molecule has 2 rings (SSSR count). The molecule has 3 nitrogen and oxygen atoms in total. The van der Waals surface area contributed by atoms with Gasteiger partial charge in [-0.05, 0) is 49.7 Å². The fourth-order valence-electron chi connectivity index (χ4n) is 2.34. The van der Waals surface area contributed by atoms with Crippen molar-refractivity contribution in [2.75, 3.05) is 13.1 Å². The molecule has 1 aromatic carbocycles. The molecule has 2 aromatic rings. The highest BCUT2D eigenvalue weighted by molar-refractivity contribution is 6.30. The summed E-state index contributed by atoms with van der Waals surface area (Å²) < 4.78 is 0. The second-order valence-corrected chi connectivity index (χ2v) is 5.77. The van der Waals surface area contributed by atoms with E-state index in [9.17, 15) is 0 Å². The van der Waals surface area contributed by atoms with E-state index in [1.54, 1.807) is 0 Å². The normalized spacial score (nSPS) is 13.9. The monoisotopic (exact) mass is 303 g/mol. The van der Waals surface area contributed by atoms with Crippen LogP contribution in [0.3, 0.4) is 0 Å². The zero-order valence-electron chi connectivity index (χ0n) is 12.3. The first-order valence-electron chi connectivity index (χ1n) is 7.29. The Kier molecular flexibility index (Phi) is 6.18. The second kappa shape index (κ2) is 8.13. The maximum absolute atomic E-state index is 5.98. The van der Waals surface area contributed by atoms with Crippen LogP contribution in [0.25, 0.3) is 0 Å². The largest absolute Gasteiger partial charge is 0.327 e.